The second kappa shape index (κ2) is 5.29. The summed E-state index contributed by atoms with van der Waals surface area (Å²) in [5.74, 6) is 0.639. The van der Waals surface area contributed by atoms with E-state index in [1.54, 1.807) is 0 Å². The third-order valence-electron chi connectivity index (χ3n) is 4.27. The van der Waals surface area contributed by atoms with Crippen molar-refractivity contribution >= 4 is 17.0 Å². The molecule has 3 aromatic rings. The fraction of sp³-hybridized carbons (Fsp3) is 0.312. The third kappa shape index (κ3) is 2.26. The number of fused-ring (bicyclic) bond motifs is 1. The Bertz CT molecular complexity index is 838. The van der Waals surface area contributed by atoms with Crippen LogP contribution >= 0.6 is 0 Å². The Morgan fingerprint density at radius 2 is 2.14 bits per heavy atom. The molecule has 6 heteroatoms. The van der Waals surface area contributed by atoms with Crippen molar-refractivity contribution in [2.45, 2.75) is 25.3 Å². The van der Waals surface area contributed by atoms with Crippen LogP contribution in [-0.4, -0.2) is 32.8 Å². The summed E-state index contributed by atoms with van der Waals surface area (Å²) in [6.07, 6.45) is 4.70. The lowest BCUT2D eigenvalue weighted by atomic mass is 10.0. The zero-order valence-electron chi connectivity index (χ0n) is 12.1. The van der Waals surface area contributed by atoms with Gasteiger partial charge in [0.05, 0.1) is 6.20 Å². The van der Waals surface area contributed by atoms with Crippen LogP contribution in [0.1, 0.15) is 18.4 Å². The minimum absolute atomic E-state index is 0.140. The lowest BCUT2D eigenvalue weighted by molar-refractivity contribution is 0.651. The quantitative estimate of drug-likeness (QED) is 0.773. The van der Waals surface area contributed by atoms with E-state index in [4.69, 9.17) is 0 Å². The van der Waals surface area contributed by atoms with Crippen molar-refractivity contribution in [2.75, 3.05) is 11.4 Å². The first-order valence-electron chi connectivity index (χ1n) is 7.55. The maximum Gasteiger partial charge on any atom is 0.263 e. The molecule has 1 aromatic carbocycles. The van der Waals surface area contributed by atoms with Crippen molar-refractivity contribution in [2.24, 2.45) is 0 Å². The number of hydrogen-bond acceptors (Lipinski definition) is 4. The first kappa shape index (κ1) is 13.1. The number of benzene rings is 1. The van der Waals surface area contributed by atoms with Crippen LogP contribution in [-0.2, 0) is 6.42 Å². The van der Waals surface area contributed by atoms with Crippen LogP contribution in [0.2, 0.25) is 0 Å². The van der Waals surface area contributed by atoms with Gasteiger partial charge in [-0.1, -0.05) is 30.3 Å². The molecule has 6 nitrogen and oxygen atoms in total. The van der Waals surface area contributed by atoms with E-state index in [2.05, 4.69) is 49.3 Å². The molecule has 0 bridgehead atoms. The van der Waals surface area contributed by atoms with E-state index in [9.17, 15) is 4.79 Å². The number of H-pyrrole nitrogens is 2. The van der Waals surface area contributed by atoms with Crippen LogP contribution in [0.3, 0.4) is 0 Å². The van der Waals surface area contributed by atoms with Gasteiger partial charge in [0.15, 0.2) is 5.65 Å². The Kier molecular flexibility index (Phi) is 3.14. The highest BCUT2D eigenvalue weighted by molar-refractivity contribution is 5.73. The van der Waals surface area contributed by atoms with Crippen LogP contribution in [0, 0.1) is 0 Å². The van der Waals surface area contributed by atoms with Gasteiger partial charge in [-0.25, -0.2) is 0 Å². The maximum absolute atomic E-state index is 12.1. The smallest absolute Gasteiger partial charge is 0.263 e. The molecule has 0 spiro atoms. The molecule has 0 unspecified atom stereocenters. The lowest BCUT2D eigenvalue weighted by Gasteiger charge is -2.25. The summed E-state index contributed by atoms with van der Waals surface area (Å²) >= 11 is 0. The van der Waals surface area contributed by atoms with Crippen molar-refractivity contribution in [3.8, 4) is 0 Å². The summed E-state index contributed by atoms with van der Waals surface area (Å²) in [6.45, 7) is 0.917. The van der Waals surface area contributed by atoms with Crippen molar-refractivity contribution in [3.63, 3.8) is 0 Å². The lowest BCUT2D eigenvalue weighted by Crippen LogP contribution is -2.33. The molecule has 22 heavy (non-hydrogen) atoms. The van der Waals surface area contributed by atoms with Gasteiger partial charge in [0.1, 0.15) is 5.39 Å². The summed E-state index contributed by atoms with van der Waals surface area (Å²) < 4.78 is 0. The minimum Gasteiger partial charge on any atom is -0.339 e. The van der Waals surface area contributed by atoms with Crippen LogP contribution in [0.5, 0.6) is 0 Å². The normalized spacial score (nSPS) is 18.2. The predicted octanol–water partition coefficient (Wildman–Crippen LogP) is 1.86. The number of aromatic nitrogens is 4. The van der Waals surface area contributed by atoms with Crippen molar-refractivity contribution in [1.29, 1.82) is 0 Å². The zero-order chi connectivity index (χ0) is 14.9. The molecule has 0 amide bonds. The highest BCUT2D eigenvalue weighted by Gasteiger charge is 2.27. The van der Waals surface area contributed by atoms with Gasteiger partial charge in [0, 0.05) is 12.6 Å². The Morgan fingerprint density at radius 1 is 1.27 bits per heavy atom. The molecular weight excluding hydrogens is 278 g/mol. The Hall–Kier alpha value is -2.63. The van der Waals surface area contributed by atoms with Crippen LogP contribution < -0.4 is 10.5 Å². The van der Waals surface area contributed by atoms with Crippen LogP contribution in [0.25, 0.3) is 11.0 Å². The number of rotatable bonds is 3. The number of nitrogens with zero attached hydrogens (tertiary/aromatic N) is 3. The molecule has 2 N–H and O–H groups in total. The average molecular weight is 295 g/mol. The van der Waals surface area contributed by atoms with Gasteiger partial charge in [-0.2, -0.15) is 10.1 Å². The predicted molar refractivity (Wildman–Crippen MR) is 85.0 cm³/mol. The fourth-order valence-electron chi connectivity index (χ4n) is 3.18. The van der Waals surface area contributed by atoms with Crippen molar-refractivity contribution < 1.29 is 0 Å². The molecule has 1 saturated heterocycles. The summed E-state index contributed by atoms with van der Waals surface area (Å²) in [5.41, 5.74) is 1.72. The van der Waals surface area contributed by atoms with Gasteiger partial charge in [-0.05, 0) is 24.8 Å². The largest absolute Gasteiger partial charge is 0.339 e. The van der Waals surface area contributed by atoms with Gasteiger partial charge in [0.2, 0.25) is 5.95 Å². The van der Waals surface area contributed by atoms with Crippen LogP contribution in [0.4, 0.5) is 5.95 Å². The van der Waals surface area contributed by atoms with E-state index >= 15 is 0 Å². The minimum atomic E-state index is -0.140. The molecule has 0 aliphatic carbocycles. The van der Waals surface area contributed by atoms with Crippen LogP contribution in [0.15, 0.2) is 41.3 Å². The number of anilines is 1. The van der Waals surface area contributed by atoms with Crippen molar-refractivity contribution in [1.82, 2.24) is 20.2 Å². The molecule has 1 aliphatic heterocycles. The second-order valence-corrected chi connectivity index (χ2v) is 5.70. The molecule has 1 atom stereocenters. The van der Waals surface area contributed by atoms with Gasteiger partial charge in [0.25, 0.3) is 5.56 Å². The average Bonchev–Trinajstić information content (AvgIpc) is 3.17. The number of nitrogens with one attached hydrogen (secondary N) is 2. The third-order valence-corrected chi connectivity index (χ3v) is 4.27. The van der Waals surface area contributed by atoms with E-state index in [0.717, 1.165) is 25.8 Å². The number of aromatic amines is 2. The monoisotopic (exact) mass is 295 g/mol. The van der Waals surface area contributed by atoms with E-state index in [0.29, 0.717) is 23.0 Å². The molecule has 0 saturated carbocycles. The molecule has 4 rings (SSSR count). The summed E-state index contributed by atoms with van der Waals surface area (Å²) in [4.78, 5) is 21.7. The molecule has 1 fully saturated rings. The summed E-state index contributed by atoms with van der Waals surface area (Å²) in [6, 6.07) is 10.8. The molecule has 112 valence electrons. The highest BCUT2D eigenvalue weighted by atomic mass is 16.1. The van der Waals surface area contributed by atoms with Gasteiger partial charge >= 0.3 is 0 Å². The second-order valence-electron chi connectivity index (χ2n) is 5.70. The SMILES string of the molecule is O=c1[nH]c(N2CCC[C@H]2Cc2ccccc2)nc2[nH]ncc12. The van der Waals surface area contributed by atoms with E-state index in [1.165, 1.54) is 11.8 Å². The zero-order valence-corrected chi connectivity index (χ0v) is 12.1. The molecule has 0 radical (unpaired) electrons. The standard InChI is InChI=1S/C16H17N5O/c22-15-13-10-17-20-14(13)18-16(19-15)21-8-4-7-12(21)9-11-5-2-1-3-6-11/h1-3,5-6,10,12H,4,7-9H2,(H2,17,18,19,20,22)/t12-/m0/s1. The van der Waals surface area contributed by atoms with Gasteiger partial charge in [-0.15, -0.1) is 0 Å². The molecule has 3 heterocycles. The fourth-order valence-corrected chi connectivity index (χ4v) is 3.18. The van der Waals surface area contributed by atoms with Gasteiger partial charge in [-0.3, -0.25) is 14.9 Å². The van der Waals surface area contributed by atoms with E-state index in [-0.39, 0.29) is 5.56 Å². The van der Waals surface area contributed by atoms with E-state index < -0.39 is 0 Å². The van der Waals surface area contributed by atoms with E-state index in [1.807, 2.05) is 6.07 Å². The topological polar surface area (TPSA) is 77.7 Å². The number of hydrogen-bond donors (Lipinski definition) is 2. The van der Waals surface area contributed by atoms with Crippen molar-refractivity contribution in [3.05, 3.63) is 52.4 Å². The first-order valence-corrected chi connectivity index (χ1v) is 7.55. The molecular formula is C16H17N5O. The van der Waals surface area contributed by atoms with Gasteiger partial charge < -0.3 is 4.90 Å². The molecule has 2 aromatic heterocycles. The summed E-state index contributed by atoms with van der Waals surface area (Å²) in [5, 5.41) is 7.17. The Balaban J connectivity index is 1.66. The molecule has 1 aliphatic rings. The Labute approximate surface area is 127 Å². The Morgan fingerprint density at radius 3 is 3.00 bits per heavy atom. The summed E-state index contributed by atoms with van der Waals surface area (Å²) in [7, 11) is 0. The maximum atomic E-state index is 12.1. The first-order chi connectivity index (χ1) is 10.8. The highest BCUT2D eigenvalue weighted by Crippen LogP contribution is 2.25.